The highest BCUT2D eigenvalue weighted by Crippen LogP contribution is 2.24. The molecule has 3 rings (SSSR count). The van der Waals surface area contributed by atoms with E-state index in [-0.39, 0.29) is 5.82 Å². The predicted octanol–water partition coefficient (Wildman–Crippen LogP) is 5.37. The Kier molecular flexibility index (Phi) is 4.62. The van der Waals surface area contributed by atoms with Gasteiger partial charge in [-0.25, -0.2) is 9.37 Å². The molecule has 4 nitrogen and oxygen atoms in total. The molecule has 0 saturated heterocycles. The Hall–Kier alpha value is -2.66. The van der Waals surface area contributed by atoms with Gasteiger partial charge in [0, 0.05) is 28.2 Å². The van der Waals surface area contributed by atoms with Crippen molar-refractivity contribution >= 4 is 34.7 Å². The molecular formula is C18H16ClFN4. The van der Waals surface area contributed by atoms with E-state index in [1.807, 2.05) is 32.0 Å². The molecule has 3 aromatic rings. The molecule has 0 spiro atoms. The van der Waals surface area contributed by atoms with Crippen LogP contribution in [0.4, 0.5) is 27.5 Å². The van der Waals surface area contributed by atoms with Gasteiger partial charge in [-0.2, -0.15) is 4.98 Å². The lowest BCUT2D eigenvalue weighted by Gasteiger charge is -2.12. The quantitative estimate of drug-likeness (QED) is 0.669. The summed E-state index contributed by atoms with van der Waals surface area (Å²) < 4.78 is 13.3. The van der Waals surface area contributed by atoms with Crippen LogP contribution in [0.1, 0.15) is 11.3 Å². The fraction of sp³-hybridized carbons (Fsp3) is 0.111. The van der Waals surface area contributed by atoms with Crippen molar-refractivity contribution in [1.82, 2.24) is 9.97 Å². The van der Waals surface area contributed by atoms with E-state index < -0.39 is 0 Å². The minimum absolute atomic E-state index is 0.307. The second kappa shape index (κ2) is 6.84. The normalized spacial score (nSPS) is 10.5. The molecule has 0 bridgehead atoms. The van der Waals surface area contributed by atoms with Crippen molar-refractivity contribution in [2.75, 3.05) is 10.6 Å². The van der Waals surface area contributed by atoms with Gasteiger partial charge in [-0.1, -0.05) is 23.7 Å². The van der Waals surface area contributed by atoms with Gasteiger partial charge in [0.2, 0.25) is 5.95 Å². The van der Waals surface area contributed by atoms with Gasteiger partial charge >= 0.3 is 0 Å². The molecule has 2 aromatic carbocycles. The summed E-state index contributed by atoms with van der Waals surface area (Å²) in [6.07, 6.45) is 0. The highest BCUT2D eigenvalue weighted by molar-refractivity contribution is 6.30. The molecule has 0 fully saturated rings. The number of anilines is 4. The van der Waals surface area contributed by atoms with E-state index in [2.05, 4.69) is 20.6 Å². The Bertz CT molecular complexity index is 883. The molecule has 0 aliphatic carbocycles. The van der Waals surface area contributed by atoms with Crippen molar-refractivity contribution < 1.29 is 4.39 Å². The lowest BCUT2D eigenvalue weighted by atomic mass is 10.2. The van der Waals surface area contributed by atoms with Crippen molar-refractivity contribution in [3.63, 3.8) is 0 Å². The number of nitrogens with zero attached hydrogens (tertiary/aromatic N) is 2. The van der Waals surface area contributed by atoms with Gasteiger partial charge in [0.05, 0.1) is 0 Å². The maximum Gasteiger partial charge on any atom is 0.229 e. The van der Waals surface area contributed by atoms with E-state index >= 15 is 0 Å². The number of hydrogen-bond donors (Lipinski definition) is 2. The molecule has 0 aliphatic heterocycles. The van der Waals surface area contributed by atoms with Crippen LogP contribution >= 0.6 is 11.6 Å². The van der Waals surface area contributed by atoms with E-state index in [1.165, 1.54) is 12.1 Å². The Labute approximate surface area is 144 Å². The van der Waals surface area contributed by atoms with Crippen molar-refractivity contribution in [3.8, 4) is 0 Å². The third-order valence-electron chi connectivity index (χ3n) is 3.40. The molecule has 0 saturated carbocycles. The molecule has 122 valence electrons. The average molecular weight is 343 g/mol. The van der Waals surface area contributed by atoms with Crippen LogP contribution in [-0.4, -0.2) is 9.97 Å². The third-order valence-corrected chi connectivity index (χ3v) is 3.63. The zero-order valence-corrected chi connectivity index (χ0v) is 14.0. The van der Waals surface area contributed by atoms with Crippen LogP contribution in [-0.2, 0) is 0 Å². The summed E-state index contributed by atoms with van der Waals surface area (Å²) in [5.74, 6) is 0.716. The van der Waals surface area contributed by atoms with Gasteiger partial charge in [0.25, 0.3) is 0 Å². The van der Waals surface area contributed by atoms with E-state index in [1.54, 1.807) is 18.2 Å². The first-order valence-corrected chi connectivity index (χ1v) is 7.79. The van der Waals surface area contributed by atoms with Crippen LogP contribution < -0.4 is 10.6 Å². The van der Waals surface area contributed by atoms with Crippen molar-refractivity contribution in [2.24, 2.45) is 0 Å². The lowest BCUT2D eigenvalue weighted by molar-refractivity contribution is 0.628. The fourth-order valence-electron chi connectivity index (χ4n) is 2.25. The molecule has 0 unspecified atom stereocenters. The first kappa shape index (κ1) is 16.2. The summed E-state index contributed by atoms with van der Waals surface area (Å²) in [4.78, 5) is 8.81. The van der Waals surface area contributed by atoms with Crippen molar-refractivity contribution in [1.29, 1.82) is 0 Å². The first-order chi connectivity index (χ1) is 11.5. The average Bonchev–Trinajstić information content (AvgIpc) is 2.50. The molecule has 0 atom stereocenters. The highest BCUT2D eigenvalue weighted by atomic mass is 35.5. The standard InChI is InChI=1S/C18H16ClFN4/c1-11-6-7-13(19)9-16(11)23-18-21-12(2)8-17(24-18)22-15-5-3-4-14(20)10-15/h3-10H,1-2H3,(H2,21,22,23,24). The first-order valence-electron chi connectivity index (χ1n) is 7.41. The Morgan fingerprint density at radius 2 is 1.79 bits per heavy atom. The molecule has 2 N–H and O–H groups in total. The number of benzene rings is 2. The molecule has 0 amide bonds. The van der Waals surface area contributed by atoms with E-state index in [0.29, 0.717) is 22.5 Å². The van der Waals surface area contributed by atoms with Gasteiger partial charge in [0.15, 0.2) is 0 Å². The minimum atomic E-state index is -0.307. The van der Waals surface area contributed by atoms with E-state index in [0.717, 1.165) is 16.9 Å². The summed E-state index contributed by atoms with van der Waals surface area (Å²) >= 11 is 6.04. The second-order valence-electron chi connectivity index (χ2n) is 5.44. The Morgan fingerprint density at radius 1 is 0.958 bits per heavy atom. The summed E-state index contributed by atoms with van der Waals surface area (Å²) in [7, 11) is 0. The van der Waals surface area contributed by atoms with Gasteiger partial charge < -0.3 is 10.6 Å². The number of nitrogens with one attached hydrogen (secondary N) is 2. The predicted molar refractivity (Wildman–Crippen MR) is 95.9 cm³/mol. The van der Waals surface area contributed by atoms with Crippen LogP contribution in [0.3, 0.4) is 0 Å². The maximum absolute atomic E-state index is 13.3. The third kappa shape index (κ3) is 4.00. The van der Waals surface area contributed by atoms with Crippen LogP contribution in [0.15, 0.2) is 48.5 Å². The Morgan fingerprint density at radius 3 is 2.58 bits per heavy atom. The molecule has 0 aliphatic rings. The molecule has 1 heterocycles. The molecule has 24 heavy (non-hydrogen) atoms. The molecule has 1 aromatic heterocycles. The van der Waals surface area contributed by atoms with Gasteiger partial charge in [-0.15, -0.1) is 0 Å². The van der Waals surface area contributed by atoms with E-state index in [4.69, 9.17) is 11.6 Å². The lowest BCUT2D eigenvalue weighted by Crippen LogP contribution is -2.03. The minimum Gasteiger partial charge on any atom is -0.340 e. The molecule has 0 radical (unpaired) electrons. The van der Waals surface area contributed by atoms with Crippen LogP contribution in [0, 0.1) is 19.7 Å². The molecular weight excluding hydrogens is 327 g/mol. The zero-order valence-electron chi connectivity index (χ0n) is 13.3. The number of rotatable bonds is 4. The zero-order chi connectivity index (χ0) is 17.1. The fourth-order valence-corrected chi connectivity index (χ4v) is 2.42. The summed E-state index contributed by atoms with van der Waals surface area (Å²) in [5.41, 5.74) is 3.28. The van der Waals surface area contributed by atoms with Crippen molar-refractivity contribution in [2.45, 2.75) is 13.8 Å². The number of aromatic nitrogens is 2. The maximum atomic E-state index is 13.3. The SMILES string of the molecule is Cc1cc(Nc2cccc(F)c2)nc(Nc2cc(Cl)ccc2C)n1. The smallest absolute Gasteiger partial charge is 0.229 e. The summed E-state index contributed by atoms with van der Waals surface area (Å²) in [6.45, 7) is 3.84. The van der Waals surface area contributed by atoms with Gasteiger partial charge in [0.1, 0.15) is 11.6 Å². The summed E-state index contributed by atoms with van der Waals surface area (Å²) in [6, 6.07) is 13.6. The highest BCUT2D eigenvalue weighted by Gasteiger charge is 2.06. The largest absolute Gasteiger partial charge is 0.340 e. The topological polar surface area (TPSA) is 49.8 Å². The van der Waals surface area contributed by atoms with Crippen LogP contribution in [0.5, 0.6) is 0 Å². The summed E-state index contributed by atoms with van der Waals surface area (Å²) in [5, 5.41) is 6.88. The molecule has 6 heteroatoms. The van der Waals surface area contributed by atoms with Crippen LogP contribution in [0.25, 0.3) is 0 Å². The van der Waals surface area contributed by atoms with Crippen LogP contribution in [0.2, 0.25) is 5.02 Å². The number of aryl methyl sites for hydroxylation is 2. The van der Waals surface area contributed by atoms with Gasteiger partial charge in [-0.3, -0.25) is 0 Å². The Balaban J connectivity index is 1.87. The van der Waals surface area contributed by atoms with E-state index in [9.17, 15) is 4.39 Å². The second-order valence-corrected chi connectivity index (χ2v) is 5.87. The number of hydrogen-bond acceptors (Lipinski definition) is 4. The monoisotopic (exact) mass is 342 g/mol. The number of halogens is 2. The van der Waals surface area contributed by atoms with Crippen molar-refractivity contribution in [3.05, 3.63) is 70.6 Å². The van der Waals surface area contributed by atoms with Gasteiger partial charge in [-0.05, 0) is 49.7 Å².